The van der Waals surface area contributed by atoms with Crippen LogP contribution in [-0.2, 0) is 14.3 Å². The summed E-state index contributed by atoms with van der Waals surface area (Å²) in [6.45, 7) is 8.17. The number of pyridine rings is 1. The minimum absolute atomic E-state index is 0.0732. The Balaban J connectivity index is 2.18. The first-order chi connectivity index (χ1) is 11.3. The summed E-state index contributed by atoms with van der Waals surface area (Å²) < 4.78 is 4.97. The minimum atomic E-state index is -0.636. The summed E-state index contributed by atoms with van der Waals surface area (Å²) >= 11 is 0. The number of esters is 1. The Bertz CT molecular complexity index is 734. The molecule has 1 aliphatic heterocycles. The average Bonchev–Trinajstić information content (AvgIpc) is 2.52. The van der Waals surface area contributed by atoms with Gasteiger partial charge in [-0.3, -0.25) is 14.6 Å². The van der Waals surface area contributed by atoms with Crippen molar-refractivity contribution >= 4 is 11.8 Å². The number of hydrogen-bond donors (Lipinski definition) is 1. The highest BCUT2D eigenvalue weighted by molar-refractivity contribution is 6.00. The first kappa shape index (κ1) is 16.4. The fourth-order valence-corrected chi connectivity index (χ4v) is 3.77. The average molecular weight is 326 g/mol. The Hall–Kier alpha value is -2.43. The number of carbonyl (C=O) groups is 2. The predicted molar refractivity (Wildman–Crippen MR) is 89.8 cm³/mol. The molecule has 5 heteroatoms. The van der Waals surface area contributed by atoms with E-state index in [2.05, 4.69) is 30.7 Å². The predicted octanol–water partition coefficient (Wildman–Crippen LogP) is 2.71. The molecule has 5 nitrogen and oxygen atoms in total. The number of methoxy groups -OCH3 is 1. The standard InChI is InChI=1S/C19H22N2O3/c1-11-15(18(23)24-4)16(12-6-5-7-20-10-12)17-13(21-11)8-19(2,3)9-14(17)22/h5-7,10,15-16,21H,1,8-9H2,2-4H3. The molecule has 0 bridgehead atoms. The van der Waals surface area contributed by atoms with Crippen LogP contribution in [0.1, 0.15) is 38.2 Å². The van der Waals surface area contributed by atoms with E-state index in [1.807, 2.05) is 12.1 Å². The molecule has 0 fully saturated rings. The minimum Gasteiger partial charge on any atom is -0.468 e. The summed E-state index contributed by atoms with van der Waals surface area (Å²) in [4.78, 5) is 29.4. The summed E-state index contributed by atoms with van der Waals surface area (Å²) in [5, 5.41) is 3.21. The number of nitrogens with zero attached hydrogens (tertiary/aromatic N) is 1. The number of nitrogens with one attached hydrogen (secondary N) is 1. The third-order valence-corrected chi connectivity index (χ3v) is 4.75. The topological polar surface area (TPSA) is 68.3 Å². The number of ketones is 1. The van der Waals surface area contributed by atoms with Gasteiger partial charge in [0.1, 0.15) is 5.92 Å². The van der Waals surface area contributed by atoms with E-state index in [1.165, 1.54) is 7.11 Å². The molecule has 24 heavy (non-hydrogen) atoms. The molecule has 2 heterocycles. The van der Waals surface area contributed by atoms with E-state index in [-0.39, 0.29) is 11.2 Å². The zero-order chi connectivity index (χ0) is 17.5. The first-order valence-corrected chi connectivity index (χ1v) is 8.04. The number of rotatable bonds is 2. The highest BCUT2D eigenvalue weighted by atomic mass is 16.5. The molecule has 126 valence electrons. The highest BCUT2D eigenvalue weighted by Crippen LogP contribution is 2.47. The quantitative estimate of drug-likeness (QED) is 0.846. The second-order valence-corrected chi connectivity index (χ2v) is 7.25. The normalized spacial score (nSPS) is 25.8. The Kier molecular flexibility index (Phi) is 4.03. The van der Waals surface area contributed by atoms with E-state index in [1.54, 1.807) is 12.4 Å². The molecule has 0 saturated carbocycles. The van der Waals surface area contributed by atoms with Gasteiger partial charge in [0, 0.05) is 41.7 Å². The number of hydrogen-bond acceptors (Lipinski definition) is 5. The van der Waals surface area contributed by atoms with Gasteiger partial charge in [-0.25, -0.2) is 0 Å². The Morgan fingerprint density at radius 2 is 2.17 bits per heavy atom. The smallest absolute Gasteiger partial charge is 0.315 e. The largest absolute Gasteiger partial charge is 0.468 e. The van der Waals surface area contributed by atoms with Crippen LogP contribution in [0.25, 0.3) is 0 Å². The highest BCUT2D eigenvalue weighted by Gasteiger charge is 2.46. The van der Waals surface area contributed by atoms with Gasteiger partial charge in [-0.1, -0.05) is 26.5 Å². The lowest BCUT2D eigenvalue weighted by Gasteiger charge is -2.42. The fourth-order valence-electron chi connectivity index (χ4n) is 3.77. The molecule has 0 saturated heterocycles. The van der Waals surface area contributed by atoms with Gasteiger partial charge in [-0.05, 0) is 23.5 Å². The van der Waals surface area contributed by atoms with Crippen LogP contribution >= 0.6 is 0 Å². The maximum Gasteiger partial charge on any atom is 0.315 e. The van der Waals surface area contributed by atoms with Crippen LogP contribution in [0.15, 0.2) is 48.1 Å². The molecule has 1 aromatic heterocycles. The van der Waals surface area contributed by atoms with Crippen LogP contribution in [0.3, 0.4) is 0 Å². The molecule has 0 spiro atoms. The van der Waals surface area contributed by atoms with Crippen molar-refractivity contribution in [3.05, 3.63) is 53.6 Å². The van der Waals surface area contributed by atoms with Gasteiger partial charge in [0.2, 0.25) is 0 Å². The van der Waals surface area contributed by atoms with E-state index >= 15 is 0 Å². The number of aromatic nitrogens is 1. The van der Waals surface area contributed by atoms with Gasteiger partial charge in [0.25, 0.3) is 0 Å². The van der Waals surface area contributed by atoms with Crippen molar-refractivity contribution in [1.82, 2.24) is 10.3 Å². The van der Waals surface area contributed by atoms with Crippen molar-refractivity contribution < 1.29 is 14.3 Å². The van der Waals surface area contributed by atoms with Crippen molar-refractivity contribution in [2.24, 2.45) is 11.3 Å². The SMILES string of the molecule is C=C1NC2=C(C(=O)CC(C)(C)C2)C(c2cccnc2)C1C(=O)OC. The number of ether oxygens (including phenoxy) is 1. The molecular weight excluding hydrogens is 304 g/mol. The van der Waals surface area contributed by atoms with Crippen LogP contribution in [0.4, 0.5) is 0 Å². The Morgan fingerprint density at radius 1 is 1.42 bits per heavy atom. The summed E-state index contributed by atoms with van der Waals surface area (Å²) in [7, 11) is 1.35. The van der Waals surface area contributed by atoms with Crippen molar-refractivity contribution in [3.63, 3.8) is 0 Å². The third-order valence-electron chi connectivity index (χ3n) is 4.75. The molecule has 2 atom stereocenters. The van der Waals surface area contributed by atoms with Crippen LogP contribution < -0.4 is 5.32 Å². The second-order valence-electron chi connectivity index (χ2n) is 7.25. The van der Waals surface area contributed by atoms with Gasteiger partial charge in [0.15, 0.2) is 5.78 Å². The molecule has 2 unspecified atom stereocenters. The molecule has 1 aromatic rings. The van der Waals surface area contributed by atoms with Gasteiger partial charge in [-0.2, -0.15) is 0 Å². The summed E-state index contributed by atoms with van der Waals surface area (Å²) in [5.41, 5.74) is 2.83. The van der Waals surface area contributed by atoms with E-state index in [4.69, 9.17) is 4.74 Å². The van der Waals surface area contributed by atoms with Gasteiger partial charge in [-0.15, -0.1) is 0 Å². The molecule has 1 N–H and O–H groups in total. The fraction of sp³-hybridized carbons (Fsp3) is 0.421. The first-order valence-electron chi connectivity index (χ1n) is 8.04. The monoisotopic (exact) mass is 326 g/mol. The molecule has 2 aliphatic rings. The zero-order valence-electron chi connectivity index (χ0n) is 14.3. The molecular formula is C19H22N2O3. The number of allylic oxidation sites excluding steroid dienone is 2. The van der Waals surface area contributed by atoms with Gasteiger partial charge in [0.05, 0.1) is 7.11 Å². The van der Waals surface area contributed by atoms with Gasteiger partial charge >= 0.3 is 5.97 Å². The third kappa shape index (κ3) is 2.75. The van der Waals surface area contributed by atoms with E-state index in [0.717, 1.165) is 17.7 Å². The lowest BCUT2D eigenvalue weighted by molar-refractivity contribution is -0.144. The van der Waals surface area contributed by atoms with Crippen molar-refractivity contribution in [1.29, 1.82) is 0 Å². The molecule has 0 aromatic carbocycles. The summed E-state index contributed by atoms with van der Waals surface area (Å²) in [6, 6.07) is 3.70. The van der Waals surface area contributed by atoms with Gasteiger partial charge < -0.3 is 10.1 Å². The zero-order valence-corrected chi connectivity index (χ0v) is 14.3. The molecule has 0 radical (unpaired) electrons. The lowest BCUT2D eigenvalue weighted by Crippen LogP contribution is -2.43. The maximum absolute atomic E-state index is 12.9. The Morgan fingerprint density at radius 3 is 2.79 bits per heavy atom. The van der Waals surface area contributed by atoms with E-state index < -0.39 is 17.8 Å². The molecule has 1 aliphatic carbocycles. The second kappa shape index (κ2) is 5.89. The number of carbonyl (C=O) groups excluding carboxylic acids is 2. The van der Waals surface area contributed by atoms with Crippen LogP contribution in [0.5, 0.6) is 0 Å². The Labute approximate surface area is 141 Å². The number of Topliss-reactive ketones (excluding diaryl/α,β-unsaturated/α-hetero) is 1. The van der Waals surface area contributed by atoms with E-state index in [0.29, 0.717) is 17.7 Å². The van der Waals surface area contributed by atoms with E-state index in [9.17, 15) is 9.59 Å². The van der Waals surface area contributed by atoms with Crippen molar-refractivity contribution in [2.75, 3.05) is 7.11 Å². The summed E-state index contributed by atoms with van der Waals surface area (Å²) in [6.07, 6.45) is 4.59. The van der Waals surface area contributed by atoms with Crippen LogP contribution in [0, 0.1) is 11.3 Å². The van der Waals surface area contributed by atoms with Crippen LogP contribution in [0.2, 0.25) is 0 Å². The lowest BCUT2D eigenvalue weighted by atomic mass is 9.66. The molecule has 3 rings (SSSR count). The maximum atomic E-state index is 12.9. The van der Waals surface area contributed by atoms with Crippen molar-refractivity contribution in [3.8, 4) is 0 Å². The molecule has 0 amide bonds. The van der Waals surface area contributed by atoms with Crippen LogP contribution in [-0.4, -0.2) is 23.8 Å². The van der Waals surface area contributed by atoms with Crippen molar-refractivity contribution in [2.45, 2.75) is 32.6 Å². The summed E-state index contributed by atoms with van der Waals surface area (Å²) in [5.74, 6) is -1.36.